The molecule has 2 aliphatic rings. The zero-order valence-electron chi connectivity index (χ0n) is 20.0. The monoisotopic (exact) mass is 493 g/mol. The van der Waals surface area contributed by atoms with Crippen LogP contribution in [-0.4, -0.2) is 28.0 Å². The number of aliphatic imine (C=N–C) groups is 1. The summed E-state index contributed by atoms with van der Waals surface area (Å²) in [5.41, 5.74) is 2.55. The van der Waals surface area contributed by atoms with E-state index in [1.807, 2.05) is 49.6 Å². The van der Waals surface area contributed by atoms with Gasteiger partial charge in [0.1, 0.15) is 12.4 Å². The summed E-state index contributed by atoms with van der Waals surface area (Å²) in [5.74, 6) is -1.15. The first-order chi connectivity index (χ1) is 16.9. The van der Waals surface area contributed by atoms with E-state index in [1.165, 1.54) is 17.8 Å². The van der Waals surface area contributed by atoms with Crippen LogP contribution in [0.5, 0.6) is 0 Å². The molecule has 2 heterocycles. The number of allylic oxidation sites excluding steroid dienone is 1. The maximum Gasteiger partial charge on any atom is 0.338 e. The number of fused-ring (bicyclic) bond motifs is 1. The maximum atomic E-state index is 15.1. The van der Waals surface area contributed by atoms with Gasteiger partial charge >= 0.3 is 5.97 Å². The van der Waals surface area contributed by atoms with E-state index < -0.39 is 17.8 Å². The van der Waals surface area contributed by atoms with Gasteiger partial charge in [-0.05, 0) is 37.3 Å². The van der Waals surface area contributed by atoms with Gasteiger partial charge in [-0.1, -0.05) is 67.2 Å². The summed E-state index contributed by atoms with van der Waals surface area (Å²) < 4.78 is 20.7. The van der Waals surface area contributed by atoms with Crippen LogP contribution in [0.4, 0.5) is 4.39 Å². The topological polar surface area (TPSA) is 71.0 Å². The third kappa shape index (κ3) is 5.48. The van der Waals surface area contributed by atoms with Crippen molar-refractivity contribution < 1.29 is 18.7 Å². The van der Waals surface area contributed by atoms with Crippen molar-refractivity contribution in [3.8, 4) is 0 Å². The minimum Gasteiger partial charge on any atom is -0.457 e. The van der Waals surface area contributed by atoms with E-state index >= 15 is 4.39 Å². The molecule has 0 fully saturated rings. The van der Waals surface area contributed by atoms with Gasteiger partial charge in [0.25, 0.3) is 0 Å². The molecule has 0 spiro atoms. The largest absolute Gasteiger partial charge is 0.457 e. The number of rotatable bonds is 8. The number of amides is 1. The second kappa shape index (κ2) is 10.9. The van der Waals surface area contributed by atoms with Crippen molar-refractivity contribution in [1.82, 2.24) is 10.2 Å². The molecular weight excluding hydrogens is 465 g/mol. The van der Waals surface area contributed by atoms with E-state index in [1.54, 1.807) is 30.0 Å². The summed E-state index contributed by atoms with van der Waals surface area (Å²) in [5, 5.41) is 5.41. The van der Waals surface area contributed by atoms with Crippen LogP contribution in [0.2, 0.25) is 0 Å². The molecule has 0 radical (unpaired) electrons. The van der Waals surface area contributed by atoms with E-state index in [0.717, 1.165) is 12.0 Å². The number of hydrogen-bond acceptors (Lipinski definition) is 6. The number of carbonyl (C=O) groups is 2. The van der Waals surface area contributed by atoms with Gasteiger partial charge in [0.05, 0.1) is 23.7 Å². The van der Waals surface area contributed by atoms with Gasteiger partial charge < -0.3 is 15.0 Å². The van der Waals surface area contributed by atoms with E-state index in [2.05, 4.69) is 10.3 Å². The third-order valence-electron chi connectivity index (χ3n) is 5.99. The van der Waals surface area contributed by atoms with Crippen molar-refractivity contribution in [2.45, 2.75) is 52.3 Å². The van der Waals surface area contributed by atoms with Crippen LogP contribution in [0.1, 0.15) is 50.8 Å². The second-order valence-electron chi connectivity index (χ2n) is 8.53. The predicted molar refractivity (Wildman–Crippen MR) is 136 cm³/mol. The van der Waals surface area contributed by atoms with Crippen LogP contribution in [0.3, 0.4) is 0 Å². The van der Waals surface area contributed by atoms with Crippen LogP contribution in [0, 0.1) is 5.82 Å². The Bertz CT molecular complexity index is 1210. The minimum absolute atomic E-state index is 0.0414. The number of thioether (sulfide) groups is 1. The van der Waals surface area contributed by atoms with Crippen molar-refractivity contribution in [2.75, 3.05) is 0 Å². The van der Waals surface area contributed by atoms with Crippen molar-refractivity contribution in [1.29, 1.82) is 0 Å². The van der Waals surface area contributed by atoms with Crippen molar-refractivity contribution in [2.24, 2.45) is 4.99 Å². The highest BCUT2D eigenvalue weighted by molar-refractivity contribution is 8.16. The molecule has 0 aromatic heterocycles. The summed E-state index contributed by atoms with van der Waals surface area (Å²) in [7, 11) is 0. The molecular formula is C27H28FN3O3S. The normalized spacial score (nSPS) is 17.9. The molecule has 1 N–H and O–H groups in total. The SMILES string of the molecule is CC[C@@H](C)NC(=O)CC1=CSC2=NC(C)=C(C(=O)OCc3ccccc3)[C@@H](c3ccccc3F)N12. The molecule has 4 rings (SSSR count). The molecule has 182 valence electrons. The summed E-state index contributed by atoms with van der Waals surface area (Å²) in [6.45, 7) is 5.76. The average molecular weight is 494 g/mol. The lowest BCUT2D eigenvalue weighted by atomic mass is 9.93. The molecule has 6 nitrogen and oxygen atoms in total. The Labute approximate surface area is 209 Å². The van der Waals surface area contributed by atoms with E-state index in [9.17, 15) is 9.59 Å². The summed E-state index contributed by atoms with van der Waals surface area (Å²) in [4.78, 5) is 32.5. The summed E-state index contributed by atoms with van der Waals surface area (Å²) in [6, 6.07) is 15.0. The molecule has 1 amide bonds. The molecule has 0 bridgehead atoms. The number of amidine groups is 1. The van der Waals surface area contributed by atoms with E-state index in [-0.39, 0.29) is 30.5 Å². The first-order valence-electron chi connectivity index (χ1n) is 11.6. The number of halogens is 1. The van der Waals surface area contributed by atoms with E-state index in [0.29, 0.717) is 22.1 Å². The molecule has 35 heavy (non-hydrogen) atoms. The fraction of sp³-hybridized carbons (Fsp3) is 0.296. The molecule has 2 aromatic rings. The summed E-state index contributed by atoms with van der Waals surface area (Å²) in [6.07, 6.45) is 0.903. The highest BCUT2D eigenvalue weighted by atomic mass is 32.2. The number of esters is 1. The molecule has 2 aliphatic heterocycles. The quantitative estimate of drug-likeness (QED) is 0.495. The lowest BCUT2D eigenvalue weighted by Gasteiger charge is -2.36. The Balaban J connectivity index is 1.67. The van der Waals surface area contributed by atoms with Crippen LogP contribution >= 0.6 is 11.8 Å². The van der Waals surface area contributed by atoms with Crippen LogP contribution < -0.4 is 5.32 Å². The lowest BCUT2D eigenvalue weighted by Crippen LogP contribution is -2.39. The molecule has 0 aliphatic carbocycles. The van der Waals surface area contributed by atoms with E-state index in [4.69, 9.17) is 4.74 Å². The smallest absolute Gasteiger partial charge is 0.338 e. The molecule has 2 aromatic carbocycles. The number of nitrogens with one attached hydrogen (secondary N) is 1. The van der Waals surface area contributed by atoms with Crippen molar-refractivity contribution >= 4 is 28.8 Å². The zero-order valence-corrected chi connectivity index (χ0v) is 20.8. The number of benzene rings is 2. The highest BCUT2D eigenvalue weighted by Gasteiger charge is 2.42. The summed E-state index contributed by atoms with van der Waals surface area (Å²) >= 11 is 1.36. The zero-order chi connectivity index (χ0) is 24.9. The number of nitrogens with zero attached hydrogens (tertiary/aromatic N) is 2. The number of hydrogen-bond donors (Lipinski definition) is 1. The van der Waals surface area contributed by atoms with Crippen LogP contribution in [-0.2, 0) is 20.9 Å². The van der Waals surface area contributed by atoms with Crippen molar-refractivity contribution in [3.05, 3.63) is 93.9 Å². The van der Waals surface area contributed by atoms with Crippen LogP contribution in [0.25, 0.3) is 0 Å². The van der Waals surface area contributed by atoms with Crippen molar-refractivity contribution in [3.63, 3.8) is 0 Å². The fourth-order valence-electron chi connectivity index (χ4n) is 4.02. The Hall–Kier alpha value is -3.39. The Morgan fingerprint density at radius 1 is 1.17 bits per heavy atom. The molecule has 8 heteroatoms. The van der Waals surface area contributed by atoms with Gasteiger partial charge in [0, 0.05) is 17.3 Å². The maximum absolute atomic E-state index is 15.1. The van der Waals surface area contributed by atoms with Gasteiger partial charge in [-0.3, -0.25) is 4.79 Å². The van der Waals surface area contributed by atoms with Crippen LogP contribution in [0.15, 0.2) is 82.0 Å². The second-order valence-corrected chi connectivity index (χ2v) is 9.37. The Morgan fingerprint density at radius 2 is 1.89 bits per heavy atom. The molecule has 0 saturated heterocycles. The fourth-order valence-corrected chi connectivity index (χ4v) is 4.98. The molecule has 2 atom stereocenters. The third-order valence-corrected chi connectivity index (χ3v) is 6.88. The van der Waals surface area contributed by atoms with Gasteiger partial charge in [-0.15, -0.1) is 0 Å². The van der Waals surface area contributed by atoms with Gasteiger partial charge in [0.2, 0.25) is 5.91 Å². The number of ether oxygens (including phenoxy) is 1. The lowest BCUT2D eigenvalue weighted by molar-refractivity contribution is -0.141. The van der Waals surface area contributed by atoms with Gasteiger partial charge in [-0.25, -0.2) is 14.2 Å². The Morgan fingerprint density at radius 3 is 2.60 bits per heavy atom. The molecule has 0 unspecified atom stereocenters. The highest BCUT2D eigenvalue weighted by Crippen LogP contribution is 2.45. The number of carbonyl (C=O) groups excluding carboxylic acids is 2. The molecule has 0 saturated carbocycles. The van der Waals surface area contributed by atoms with Gasteiger partial charge in [-0.2, -0.15) is 0 Å². The van der Waals surface area contributed by atoms with Gasteiger partial charge in [0.15, 0.2) is 5.17 Å². The first kappa shape index (κ1) is 24.7. The Kier molecular flexibility index (Phi) is 7.70. The first-order valence-corrected chi connectivity index (χ1v) is 12.5. The predicted octanol–water partition coefficient (Wildman–Crippen LogP) is 5.45. The minimum atomic E-state index is -0.801. The average Bonchev–Trinajstić information content (AvgIpc) is 3.24. The standard InChI is InChI=1S/C27H28FN3O3S/c1-4-17(2)29-23(32)14-20-16-35-27-30-18(3)24(26(33)34-15-19-10-6-5-7-11-19)25(31(20)27)21-12-8-9-13-22(21)28/h5-13,16-17,25H,4,14-15H2,1-3H3,(H,29,32)/t17-,25-/m1/s1.